The molecule has 2 saturated heterocycles. The fourth-order valence-electron chi connectivity index (χ4n) is 3.75. The average Bonchev–Trinajstić information content (AvgIpc) is 3.21. The van der Waals surface area contributed by atoms with Crippen LogP contribution in [-0.2, 0) is 25.5 Å². The molecule has 3 rings (SSSR count). The fraction of sp³-hybridized carbons (Fsp3) is 0.708. The molecule has 1 aromatic rings. The summed E-state index contributed by atoms with van der Waals surface area (Å²) in [5.41, 5.74) is 0.336. The highest BCUT2D eigenvalue weighted by Crippen LogP contribution is 2.31. The van der Waals surface area contributed by atoms with Crippen LogP contribution in [0.25, 0.3) is 0 Å². The maximum Gasteiger partial charge on any atom is 0.425 e. The predicted molar refractivity (Wildman–Crippen MR) is 123 cm³/mol. The van der Waals surface area contributed by atoms with Crippen molar-refractivity contribution < 1.29 is 28.5 Å². The summed E-state index contributed by atoms with van der Waals surface area (Å²) in [5.74, 6) is 0.420. The van der Waals surface area contributed by atoms with E-state index in [9.17, 15) is 9.59 Å². The number of nitrogens with zero attached hydrogens (tertiary/aromatic N) is 3. The Balaban J connectivity index is 1.97. The standard InChI is InChI=1S/C24H37N3O6/c1-23(2,3)32-21(28)27(22(29)33-24(4,5)6)20-8-7-18(17-9-12-31-16-17)19(25-20)15-26-10-13-30-14-11-26/h7-8,17H,9-16H2,1-6H3. The quantitative estimate of drug-likeness (QED) is 0.659. The van der Waals surface area contributed by atoms with Gasteiger partial charge in [-0.15, -0.1) is 0 Å². The van der Waals surface area contributed by atoms with Gasteiger partial charge < -0.3 is 18.9 Å². The van der Waals surface area contributed by atoms with E-state index in [0.29, 0.717) is 33.0 Å². The minimum atomic E-state index is -0.821. The maximum atomic E-state index is 13.0. The van der Waals surface area contributed by atoms with Crippen molar-refractivity contribution in [2.75, 3.05) is 44.4 Å². The Morgan fingerprint density at radius 1 is 1.00 bits per heavy atom. The number of pyridine rings is 1. The van der Waals surface area contributed by atoms with Gasteiger partial charge in [-0.3, -0.25) is 4.90 Å². The van der Waals surface area contributed by atoms with Crippen LogP contribution in [0.2, 0.25) is 0 Å². The number of carbonyl (C=O) groups is 2. The summed E-state index contributed by atoms with van der Waals surface area (Å²) in [4.78, 5) is 34.0. The molecule has 3 heterocycles. The second-order valence-electron chi connectivity index (χ2n) is 10.5. The number of rotatable bonds is 4. The Labute approximate surface area is 196 Å². The third kappa shape index (κ3) is 7.38. The number of ether oxygens (including phenoxy) is 4. The lowest BCUT2D eigenvalue weighted by Gasteiger charge is -2.30. The SMILES string of the molecule is CC(C)(C)OC(=O)N(C(=O)OC(C)(C)C)c1ccc(C2CCOC2)c(CN2CCOCC2)n1. The number of imide groups is 1. The van der Waals surface area contributed by atoms with Gasteiger partial charge in [-0.2, -0.15) is 4.90 Å². The topological polar surface area (TPSA) is 90.4 Å². The van der Waals surface area contributed by atoms with E-state index < -0.39 is 23.4 Å². The number of anilines is 1. The fourth-order valence-corrected chi connectivity index (χ4v) is 3.75. The molecule has 0 saturated carbocycles. The number of hydrogen-bond acceptors (Lipinski definition) is 8. The van der Waals surface area contributed by atoms with E-state index in [1.165, 1.54) is 0 Å². The van der Waals surface area contributed by atoms with Crippen molar-refractivity contribution in [3.63, 3.8) is 0 Å². The zero-order chi connectivity index (χ0) is 24.2. The Morgan fingerprint density at radius 3 is 2.12 bits per heavy atom. The molecule has 1 atom stereocenters. The van der Waals surface area contributed by atoms with Gasteiger partial charge in [-0.25, -0.2) is 14.6 Å². The average molecular weight is 464 g/mol. The van der Waals surface area contributed by atoms with E-state index in [1.807, 2.05) is 6.07 Å². The lowest BCUT2D eigenvalue weighted by molar-refractivity contribution is 0.0334. The summed E-state index contributed by atoms with van der Waals surface area (Å²) in [7, 11) is 0. The Hall–Kier alpha value is -2.23. The zero-order valence-corrected chi connectivity index (χ0v) is 20.7. The molecule has 0 spiro atoms. The number of carbonyl (C=O) groups excluding carboxylic acids is 2. The minimum absolute atomic E-state index is 0.185. The van der Waals surface area contributed by atoms with Gasteiger partial charge in [0, 0.05) is 32.2 Å². The predicted octanol–water partition coefficient (Wildman–Crippen LogP) is 4.09. The largest absolute Gasteiger partial charge is 0.443 e. The number of aromatic nitrogens is 1. The van der Waals surface area contributed by atoms with Crippen LogP contribution in [0.4, 0.5) is 15.4 Å². The first-order chi connectivity index (χ1) is 15.4. The summed E-state index contributed by atoms with van der Waals surface area (Å²) >= 11 is 0. The first kappa shape index (κ1) is 25.4. The van der Waals surface area contributed by atoms with Gasteiger partial charge in [0.25, 0.3) is 0 Å². The zero-order valence-electron chi connectivity index (χ0n) is 20.7. The lowest BCUT2D eigenvalue weighted by Crippen LogP contribution is -2.44. The summed E-state index contributed by atoms with van der Waals surface area (Å²) in [5, 5.41) is 0. The van der Waals surface area contributed by atoms with Crippen molar-refractivity contribution in [2.45, 2.75) is 71.6 Å². The highest BCUT2D eigenvalue weighted by atomic mass is 16.6. The molecule has 1 aromatic heterocycles. The van der Waals surface area contributed by atoms with Crippen LogP contribution in [0.3, 0.4) is 0 Å². The minimum Gasteiger partial charge on any atom is -0.443 e. The highest BCUT2D eigenvalue weighted by molar-refractivity contribution is 6.08. The maximum absolute atomic E-state index is 13.0. The molecule has 2 amide bonds. The van der Waals surface area contributed by atoms with Crippen LogP contribution in [0.5, 0.6) is 0 Å². The molecule has 184 valence electrons. The Kier molecular flexibility index (Phi) is 7.97. The van der Waals surface area contributed by atoms with E-state index >= 15 is 0 Å². The molecule has 33 heavy (non-hydrogen) atoms. The molecule has 0 aliphatic carbocycles. The summed E-state index contributed by atoms with van der Waals surface area (Å²) in [6, 6.07) is 3.63. The van der Waals surface area contributed by atoms with Crippen LogP contribution in [0.15, 0.2) is 12.1 Å². The molecule has 2 aliphatic rings. The van der Waals surface area contributed by atoms with E-state index in [-0.39, 0.29) is 11.7 Å². The first-order valence-electron chi connectivity index (χ1n) is 11.6. The van der Waals surface area contributed by atoms with E-state index in [1.54, 1.807) is 47.6 Å². The second-order valence-corrected chi connectivity index (χ2v) is 10.5. The number of morpholine rings is 1. The van der Waals surface area contributed by atoms with Crippen LogP contribution in [0, 0.1) is 0 Å². The van der Waals surface area contributed by atoms with Crippen molar-refractivity contribution in [1.82, 2.24) is 9.88 Å². The third-order valence-corrected chi connectivity index (χ3v) is 5.22. The molecule has 9 heteroatoms. The molecular weight excluding hydrogens is 426 g/mol. The van der Waals surface area contributed by atoms with Crippen LogP contribution >= 0.6 is 0 Å². The van der Waals surface area contributed by atoms with Crippen LogP contribution in [-0.4, -0.2) is 72.8 Å². The van der Waals surface area contributed by atoms with E-state index in [2.05, 4.69) is 4.90 Å². The van der Waals surface area contributed by atoms with E-state index in [4.69, 9.17) is 23.9 Å². The number of hydrogen-bond donors (Lipinski definition) is 0. The van der Waals surface area contributed by atoms with Crippen molar-refractivity contribution in [3.8, 4) is 0 Å². The van der Waals surface area contributed by atoms with Crippen LogP contribution in [0.1, 0.15) is 65.1 Å². The second kappa shape index (κ2) is 10.4. The Morgan fingerprint density at radius 2 is 1.61 bits per heavy atom. The normalized spacial score (nSPS) is 19.9. The molecule has 0 N–H and O–H groups in total. The third-order valence-electron chi connectivity index (χ3n) is 5.22. The molecule has 2 aliphatic heterocycles. The molecule has 0 aromatic carbocycles. The van der Waals surface area contributed by atoms with Gasteiger partial charge in [0.05, 0.1) is 25.5 Å². The van der Waals surface area contributed by atoms with Gasteiger partial charge in [-0.05, 0) is 59.6 Å². The van der Waals surface area contributed by atoms with Gasteiger partial charge in [0.15, 0.2) is 0 Å². The molecule has 0 radical (unpaired) electrons. The first-order valence-corrected chi connectivity index (χ1v) is 11.6. The lowest BCUT2D eigenvalue weighted by atomic mass is 9.96. The molecular formula is C24H37N3O6. The molecule has 0 bridgehead atoms. The molecule has 2 fully saturated rings. The molecule has 1 unspecified atom stereocenters. The van der Waals surface area contributed by atoms with Crippen molar-refractivity contribution in [1.29, 1.82) is 0 Å². The smallest absolute Gasteiger partial charge is 0.425 e. The van der Waals surface area contributed by atoms with E-state index in [0.717, 1.165) is 35.7 Å². The van der Waals surface area contributed by atoms with Gasteiger partial charge in [0.1, 0.15) is 17.0 Å². The summed E-state index contributed by atoms with van der Waals surface area (Å²) < 4.78 is 22.1. The highest BCUT2D eigenvalue weighted by Gasteiger charge is 2.34. The van der Waals surface area contributed by atoms with Gasteiger partial charge >= 0.3 is 12.2 Å². The molecule has 9 nitrogen and oxygen atoms in total. The van der Waals surface area contributed by atoms with Crippen molar-refractivity contribution >= 4 is 18.0 Å². The van der Waals surface area contributed by atoms with Gasteiger partial charge in [0.2, 0.25) is 0 Å². The Bertz CT molecular complexity index is 806. The van der Waals surface area contributed by atoms with Gasteiger partial charge in [-0.1, -0.05) is 6.07 Å². The van der Waals surface area contributed by atoms with Crippen molar-refractivity contribution in [3.05, 3.63) is 23.4 Å². The monoisotopic (exact) mass is 463 g/mol. The van der Waals surface area contributed by atoms with Crippen molar-refractivity contribution in [2.24, 2.45) is 0 Å². The number of amides is 2. The summed E-state index contributed by atoms with van der Waals surface area (Å²) in [6.07, 6.45) is -0.726. The summed E-state index contributed by atoms with van der Waals surface area (Å²) in [6.45, 7) is 15.4. The van der Waals surface area contributed by atoms with Crippen LogP contribution < -0.4 is 4.90 Å².